The van der Waals surface area contributed by atoms with E-state index in [1.807, 2.05) is 38.2 Å². The lowest BCUT2D eigenvalue weighted by Crippen LogP contribution is -2.07. The molecule has 0 atom stereocenters. The van der Waals surface area contributed by atoms with Gasteiger partial charge in [-0.2, -0.15) is 0 Å². The van der Waals surface area contributed by atoms with E-state index in [0.717, 1.165) is 35.3 Å². The van der Waals surface area contributed by atoms with E-state index in [-0.39, 0.29) is 10.6 Å². The van der Waals surface area contributed by atoms with Crippen molar-refractivity contribution in [1.82, 2.24) is 9.55 Å². The predicted octanol–water partition coefficient (Wildman–Crippen LogP) is 3.83. The zero-order valence-corrected chi connectivity index (χ0v) is 13.8. The summed E-state index contributed by atoms with van der Waals surface area (Å²) in [6.07, 6.45) is 1.67. The van der Waals surface area contributed by atoms with Gasteiger partial charge in [0.2, 0.25) is 0 Å². The Morgan fingerprint density at radius 3 is 2.79 bits per heavy atom. The molecule has 124 valence electrons. The van der Waals surface area contributed by atoms with E-state index in [4.69, 9.17) is 0 Å². The molecule has 1 N–H and O–H groups in total. The molecule has 1 heterocycles. The average Bonchev–Trinajstić information content (AvgIpc) is 2.89. The van der Waals surface area contributed by atoms with Gasteiger partial charge in [-0.25, -0.2) is 4.98 Å². The topological polar surface area (TPSA) is 73.0 Å². The molecule has 1 aromatic heterocycles. The summed E-state index contributed by atoms with van der Waals surface area (Å²) in [5.74, 6) is 1.02. The van der Waals surface area contributed by atoms with Crippen molar-refractivity contribution in [3.8, 4) is 0 Å². The van der Waals surface area contributed by atoms with Crippen molar-refractivity contribution in [2.75, 3.05) is 11.9 Å². The Morgan fingerprint density at radius 1 is 1.25 bits per heavy atom. The van der Waals surface area contributed by atoms with Crippen molar-refractivity contribution in [2.45, 2.75) is 19.8 Å². The van der Waals surface area contributed by atoms with Crippen molar-refractivity contribution in [1.29, 1.82) is 0 Å². The van der Waals surface area contributed by atoms with Gasteiger partial charge in [0.15, 0.2) is 0 Å². The highest BCUT2D eigenvalue weighted by Crippen LogP contribution is 2.25. The number of hydrogen-bond donors (Lipinski definition) is 1. The smallest absolute Gasteiger partial charge is 0.292 e. The molecule has 6 nitrogen and oxygen atoms in total. The van der Waals surface area contributed by atoms with Crippen LogP contribution in [0.2, 0.25) is 0 Å². The van der Waals surface area contributed by atoms with Crippen molar-refractivity contribution in [2.24, 2.45) is 7.05 Å². The molecule has 0 aliphatic carbocycles. The van der Waals surface area contributed by atoms with E-state index < -0.39 is 0 Å². The second-order valence-corrected chi connectivity index (χ2v) is 5.88. The number of aryl methyl sites for hydroxylation is 3. The van der Waals surface area contributed by atoms with E-state index in [1.54, 1.807) is 12.1 Å². The van der Waals surface area contributed by atoms with Crippen LogP contribution in [0.15, 0.2) is 42.5 Å². The van der Waals surface area contributed by atoms with Crippen LogP contribution in [0.4, 0.5) is 11.4 Å². The maximum atomic E-state index is 11.1. The van der Waals surface area contributed by atoms with Crippen LogP contribution in [0.3, 0.4) is 0 Å². The molecular formula is C18H20N4O2. The Kier molecular flexibility index (Phi) is 4.46. The number of aromatic nitrogens is 2. The molecule has 0 saturated carbocycles. The third-order valence-electron chi connectivity index (χ3n) is 4.12. The van der Waals surface area contributed by atoms with Gasteiger partial charge < -0.3 is 9.88 Å². The van der Waals surface area contributed by atoms with Gasteiger partial charge in [-0.05, 0) is 37.1 Å². The highest BCUT2D eigenvalue weighted by atomic mass is 16.6. The number of rotatable bonds is 6. The molecule has 0 unspecified atom stereocenters. The zero-order chi connectivity index (χ0) is 17.1. The molecule has 0 radical (unpaired) electrons. The van der Waals surface area contributed by atoms with Crippen LogP contribution in [0, 0.1) is 17.0 Å². The van der Waals surface area contributed by atoms with Gasteiger partial charge in [-0.15, -0.1) is 0 Å². The monoisotopic (exact) mass is 324 g/mol. The maximum absolute atomic E-state index is 11.1. The molecular weight excluding hydrogens is 304 g/mol. The second-order valence-electron chi connectivity index (χ2n) is 5.88. The van der Waals surface area contributed by atoms with Crippen LogP contribution in [-0.4, -0.2) is 21.0 Å². The SMILES string of the molecule is Cc1ccc(NCCCc2nc3ccccc3n2C)c([N+](=O)[O-])c1. The Bertz CT molecular complexity index is 886. The first kappa shape index (κ1) is 16.0. The fraction of sp³-hybridized carbons (Fsp3) is 0.278. The van der Waals surface area contributed by atoms with E-state index in [9.17, 15) is 10.1 Å². The number of para-hydroxylation sites is 2. The van der Waals surface area contributed by atoms with E-state index in [0.29, 0.717) is 12.2 Å². The van der Waals surface area contributed by atoms with Crippen molar-refractivity contribution in [3.63, 3.8) is 0 Å². The highest BCUT2D eigenvalue weighted by molar-refractivity contribution is 5.75. The number of benzene rings is 2. The van der Waals surface area contributed by atoms with Crippen molar-refractivity contribution in [3.05, 3.63) is 64.0 Å². The van der Waals surface area contributed by atoms with Crippen LogP contribution in [-0.2, 0) is 13.5 Å². The third-order valence-corrected chi connectivity index (χ3v) is 4.12. The van der Waals surface area contributed by atoms with E-state index in [1.165, 1.54) is 0 Å². The van der Waals surface area contributed by atoms with Gasteiger partial charge >= 0.3 is 0 Å². The first-order chi connectivity index (χ1) is 11.6. The largest absolute Gasteiger partial charge is 0.379 e. The molecule has 3 aromatic rings. The number of nitrogens with zero attached hydrogens (tertiary/aromatic N) is 3. The molecule has 24 heavy (non-hydrogen) atoms. The number of nitrogens with one attached hydrogen (secondary N) is 1. The predicted molar refractivity (Wildman–Crippen MR) is 95.4 cm³/mol. The molecule has 3 rings (SSSR count). The number of nitro benzene ring substituents is 1. The first-order valence-corrected chi connectivity index (χ1v) is 7.95. The van der Waals surface area contributed by atoms with Crippen LogP contribution >= 0.6 is 0 Å². The summed E-state index contributed by atoms with van der Waals surface area (Å²) in [6, 6.07) is 13.3. The summed E-state index contributed by atoms with van der Waals surface area (Å²) >= 11 is 0. The van der Waals surface area contributed by atoms with Gasteiger partial charge in [0.1, 0.15) is 11.5 Å². The van der Waals surface area contributed by atoms with Gasteiger partial charge in [-0.3, -0.25) is 10.1 Å². The molecule has 0 amide bonds. The summed E-state index contributed by atoms with van der Waals surface area (Å²) in [4.78, 5) is 15.4. The number of anilines is 1. The Hall–Kier alpha value is -2.89. The Morgan fingerprint density at radius 2 is 2.04 bits per heavy atom. The minimum Gasteiger partial charge on any atom is -0.379 e. The van der Waals surface area contributed by atoms with E-state index in [2.05, 4.69) is 20.9 Å². The molecule has 0 saturated heterocycles. The Balaban J connectivity index is 1.63. The van der Waals surface area contributed by atoms with Gasteiger partial charge in [0.25, 0.3) is 5.69 Å². The number of imidazole rings is 1. The highest BCUT2D eigenvalue weighted by Gasteiger charge is 2.13. The molecule has 0 aliphatic rings. The number of nitro groups is 1. The Labute approximate surface area is 140 Å². The number of hydrogen-bond acceptors (Lipinski definition) is 4. The summed E-state index contributed by atoms with van der Waals surface area (Å²) in [5, 5.41) is 14.3. The molecule has 2 aromatic carbocycles. The maximum Gasteiger partial charge on any atom is 0.292 e. The summed E-state index contributed by atoms with van der Waals surface area (Å²) in [5.41, 5.74) is 3.69. The fourth-order valence-corrected chi connectivity index (χ4v) is 2.83. The molecule has 0 aliphatic heterocycles. The minimum atomic E-state index is -0.346. The number of fused-ring (bicyclic) bond motifs is 1. The third kappa shape index (κ3) is 3.22. The van der Waals surface area contributed by atoms with Gasteiger partial charge in [0.05, 0.1) is 16.0 Å². The normalized spacial score (nSPS) is 10.9. The summed E-state index contributed by atoms with van der Waals surface area (Å²) in [6.45, 7) is 2.51. The lowest BCUT2D eigenvalue weighted by molar-refractivity contribution is -0.384. The van der Waals surface area contributed by atoms with Crippen LogP contribution in [0.1, 0.15) is 17.8 Å². The van der Waals surface area contributed by atoms with Gasteiger partial charge in [0, 0.05) is 26.1 Å². The quantitative estimate of drug-likeness (QED) is 0.425. The average molecular weight is 324 g/mol. The van der Waals surface area contributed by atoms with Crippen LogP contribution < -0.4 is 5.32 Å². The van der Waals surface area contributed by atoms with Crippen molar-refractivity contribution < 1.29 is 4.92 Å². The molecule has 0 bridgehead atoms. The molecule has 0 fully saturated rings. The van der Waals surface area contributed by atoms with Crippen LogP contribution in [0.25, 0.3) is 11.0 Å². The first-order valence-electron chi connectivity index (χ1n) is 7.95. The second kappa shape index (κ2) is 6.70. The fourth-order valence-electron chi connectivity index (χ4n) is 2.83. The molecule has 0 spiro atoms. The standard InChI is InChI=1S/C18H20N4O2/c1-13-9-10-14(17(12-13)22(23)24)19-11-5-8-18-20-15-6-3-4-7-16(15)21(18)2/h3-4,6-7,9-10,12,19H,5,8,11H2,1-2H3. The minimum absolute atomic E-state index is 0.123. The zero-order valence-electron chi connectivity index (χ0n) is 13.8. The van der Waals surface area contributed by atoms with Crippen LogP contribution in [0.5, 0.6) is 0 Å². The lowest BCUT2D eigenvalue weighted by atomic mass is 10.2. The van der Waals surface area contributed by atoms with Crippen molar-refractivity contribution >= 4 is 22.4 Å². The molecule has 6 heteroatoms. The van der Waals surface area contributed by atoms with Gasteiger partial charge in [-0.1, -0.05) is 18.2 Å². The van der Waals surface area contributed by atoms with E-state index >= 15 is 0 Å². The summed E-state index contributed by atoms with van der Waals surface area (Å²) in [7, 11) is 2.02. The summed E-state index contributed by atoms with van der Waals surface area (Å²) < 4.78 is 2.10. The lowest BCUT2D eigenvalue weighted by Gasteiger charge is -2.08.